The van der Waals surface area contributed by atoms with E-state index in [1.807, 2.05) is 6.07 Å². The minimum atomic E-state index is 0.0965. The Morgan fingerprint density at radius 3 is 2.69 bits per heavy atom. The lowest BCUT2D eigenvalue weighted by Gasteiger charge is -2.07. The van der Waals surface area contributed by atoms with Gasteiger partial charge in [0.2, 0.25) is 5.91 Å². The van der Waals surface area contributed by atoms with Gasteiger partial charge in [0.15, 0.2) is 0 Å². The maximum absolute atomic E-state index is 11.8. The molecule has 1 unspecified atom stereocenters. The van der Waals surface area contributed by atoms with Crippen molar-refractivity contribution in [3.8, 4) is 0 Å². The summed E-state index contributed by atoms with van der Waals surface area (Å²) in [6, 6.07) is 5.38. The number of amides is 1. The summed E-state index contributed by atoms with van der Waals surface area (Å²) in [5, 5.41) is 3.54. The van der Waals surface area contributed by atoms with Gasteiger partial charge in [0.25, 0.3) is 0 Å². The molecule has 0 saturated heterocycles. The second kappa shape index (κ2) is 4.04. The molecule has 16 heavy (non-hydrogen) atoms. The Labute approximate surface area is 108 Å². The first-order valence-corrected chi connectivity index (χ1v) is 6.33. The number of benzene rings is 1. The molecule has 2 rings (SSSR count). The van der Waals surface area contributed by atoms with Gasteiger partial charge in [-0.05, 0) is 46.0 Å². The first kappa shape index (κ1) is 11.9. The van der Waals surface area contributed by atoms with E-state index < -0.39 is 0 Å². The topological polar surface area (TPSA) is 29.1 Å². The van der Waals surface area contributed by atoms with Crippen molar-refractivity contribution in [3.05, 3.63) is 27.7 Å². The Bertz CT molecular complexity index is 445. The number of carbonyl (C=O) groups is 1. The molecule has 1 fully saturated rings. The molecular weight excluding hydrogens is 289 g/mol. The summed E-state index contributed by atoms with van der Waals surface area (Å²) in [4.78, 5) is 11.8. The fraction of sp³-hybridized carbons (Fsp3) is 0.417. The molecule has 1 saturated carbocycles. The van der Waals surface area contributed by atoms with E-state index in [0.29, 0.717) is 5.02 Å². The lowest BCUT2D eigenvalue weighted by molar-refractivity contribution is -0.117. The minimum absolute atomic E-state index is 0.0965. The van der Waals surface area contributed by atoms with Gasteiger partial charge >= 0.3 is 0 Å². The smallest absolute Gasteiger partial charge is 0.228 e. The highest BCUT2D eigenvalue weighted by Gasteiger charge is 2.50. The lowest BCUT2D eigenvalue weighted by Crippen LogP contribution is -2.16. The third-order valence-corrected chi connectivity index (χ3v) is 4.23. The normalized spacial score (nSPS) is 21.6. The highest BCUT2D eigenvalue weighted by molar-refractivity contribution is 9.10. The van der Waals surface area contributed by atoms with Crippen LogP contribution in [0.1, 0.15) is 20.3 Å². The van der Waals surface area contributed by atoms with Gasteiger partial charge in [0.1, 0.15) is 0 Å². The molecule has 0 aromatic heterocycles. The number of hydrogen-bond donors (Lipinski definition) is 1. The summed E-state index contributed by atoms with van der Waals surface area (Å²) >= 11 is 9.21. The number of rotatable bonds is 2. The van der Waals surface area contributed by atoms with Crippen LogP contribution in [0.5, 0.6) is 0 Å². The second-order valence-electron chi connectivity index (χ2n) is 4.86. The molecular formula is C12H13BrClNO. The Morgan fingerprint density at radius 1 is 1.56 bits per heavy atom. The summed E-state index contributed by atoms with van der Waals surface area (Å²) in [7, 11) is 0. The minimum Gasteiger partial charge on any atom is -0.326 e. The molecule has 1 aromatic carbocycles. The molecule has 1 N–H and O–H groups in total. The highest BCUT2D eigenvalue weighted by atomic mass is 79.9. The van der Waals surface area contributed by atoms with E-state index in [1.165, 1.54) is 0 Å². The Balaban J connectivity index is 2.05. The van der Waals surface area contributed by atoms with E-state index in [2.05, 4.69) is 35.1 Å². The molecule has 1 aromatic rings. The van der Waals surface area contributed by atoms with E-state index in [-0.39, 0.29) is 17.2 Å². The molecule has 0 aliphatic heterocycles. The van der Waals surface area contributed by atoms with Gasteiger partial charge in [0, 0.05) is 16.1 Å². The number of halogens is 2. The van der Waals surface area contributed by atoms with Crippen molar-refractivity contribution >= 4 is 39.1 Å². The van der Waals surface area contributed by atoms with Crippen molar-refractivity contribution in [2.45, 2.75) is 20.3 Å². The lowest BCUT2D eigenvalue weighted by atomic mass is 10.1. The molecule has 1 aliphatic carbocycles. The zero-order valence-corrected chi connectivity index (χ0v) is 11.5. The fourth-order valence-electron chi connectivity index (χ4n) is 1.72. The van der Waals surface area contributed by atoms with Gasteiger partial charge in [0.05, 0.1) is 5.02 Å². The van der Waals surface area contributed by atoms with E-state index in [0.717, 1.165) is 16.6 Å². The van der Waals surface area contributed by atoms with Crippen LogP contribution in [0.15, 0.2) is 22.7 Å². The predicted octanol–water partition coefficient (Wildman–Crippen LogP) is 4.09. The van der Waals surface area contributed by atoms with Crippen molar-refractivity contribution in [2.24, 2.45) is 11.3 Å². The zero-order chi connectivity index (χ0) is 11.9. The second-order valence-corrected chi connectivity index (χ2v) is 6.12. The standard InChI is InChI=1S/C12H13BrClNO/c1-12(2)6-8(12)11(16)15-7-3-4-10(14)9(13)5-7/h3-5,8H,6H2,1-2H3,(H,15,16). The molecule has 4 heteroatoms. The summed E-state index contributed by atoms with van der Waals surface area (Å²) < 4.78 is 0.794. The Kier molecular flexibility index (Phi) is 3.01. The maximum atomic E-state index is 11.8. The van der Waals surface area contributed by atoms with Crippen molar-refractivity contribution in [3.63, 3.8) is 0 Å². The van der Waals surface area contributed by atoms with Crippen LogP contribution >= 0.6 is 27.5 Å². The van der Waals surface area contributed by atoms with Crippen molar-refractivity contribution < 1.29 is 4.79 Å². The van der Waals surface area contributed by atoms with Crippen LogP contribution in [-0.4, -0.2) is 5.91 Å². The first-order valence-electron chi connectivity index (χ1n) is 5.16. The van der Waals surface area contributed by atoms with E-state index in [1.54, 1.807) is 12.1 Å². The first-order chi connectivity index (χ1) is 7.40. The van der Waals surface area contributed by atoms with E-state index in [9.17, 15) is 4.79 Å². The molecule has 0 spiro atoms. The Hall–Kier alpha value is -0.540. The summed E-state index contributed by atoms with van der Waals surface area (Å²) in [5.74, 6) is 0.237. The molecule has 86 valence electrons. The van der Waals surface area contributed by atoms with Gasteiger partial charge in [-0.15, -0.1) is 0 Å². The third kappa shape index (κ3) is 2.41. The molecule has 1 atom stereocenters. The van der Waals surface area contributed by atoms with Crippen LogP contribution in [0.3, 0.4) is 0 Å². The van der Waals surface area contributed by atoms with Crippen molar-refractivity contribution in [1.29, 1.82) is 0 Å². The van der Waals surface area contributed by atoms with Gasteiger partial charge in [-0.25, -0.2) is 0 Å². The quantitative estimate of drug-likeness (QED) is 0.876. The van der Waals surface area contributed by atoms with Crippen molar-refractivity contribution in [1.82, 2.24) is 0 Å². The summed E-state index contributed by atoms with van der Waals surface area (Å²) in [6.07, 6.45) is 0.966. The van der Waals surface area contributed by atoms with Crippen LogP contribution in [0.4, 0.5) is 5.69 Å². The number of carbonyl (C=O) groups excluding carboxylic acids is 1. The molecule has 1 aliphatic rings. The van der Waals surface area contributed by atoms with Gasteiger partial charge in [-0.3, -0.25) is 4.79 Å². The molecule has 0 radical (unpaired) electrons. The number of anilines is 1. The predicted molar refractivity (Wildman–Crippen MR) is 69.7 cm³/mol. The molecule has 0 heterocycles. The van der Waals surface area contributed by atoms with E-state index in [4.69, 9.17) is 11.6 Å². The number of hydrogen-bond acceptors (Lipinski definition) is 1. The van der Waals surface area contributed by atoms with Crippen LogP contribution < -0.4 is 5.32 Å². The SMILES string of the molecule is CC1(C)CC1C(=O)Nc1ccc(Cl)c(Br)c1. The van der Waals surface area contributed by atoms with Crippen LogP contribution in [0, 0.1) is 11.3 Å². The summed E-state index contributed by atoms with van der Waals surface area (Å²) in [6.45, 7) is 4.21. The largest absolute Gasteiger partial charge is 0.326 e. The number of nitrogens with one attached hydrogen (secondary N) is 1. The van der Waals surface area contributed by atoms with Gasteiger partial charge < -0.3 is 5.32 Å². The van der Waals surface area contributed by atoms with E-state index >= 15 is 0 Å². The molecule has 0 bridgehead atoms. The third-order valence-electron chi connectivity index (χ3n) is 3.02. The zero-order valence-electron chi connectivity index (χ0n) is 9.18. The Morgan fingerprint density at radius 2 is 2.19 bits per heavy atom. The monoisotopic (exact) mass is 301 g/mol. The molecule has 2 nitrogen and oxygen atoms in total. The van der Waals surface area contributed by atoms with Gasteiger partial charge in [-0.1, -0.05) is 25.4 Å². The van der Waals surface area contributed by atoms with Crippen LogP contribution in [0.25, 0.3) is 0 Å². The average molecular weight is 303 g/mol. The highest BCUT2D eigenvalue weighted by Crippen LogP contribution is 2.52. The molecule has 1 amide bonds. The average Bonchev–Trinajstić information content (AvgIpc) is 2.82. The maximum Gasteiger partial charge on any atom is 0.228 e. The van der Waals surface area contributed by atoms with Crippen LogP contribution in [-0.2, 0) is 4.79 Å². The van der Waals surface area contributed by atoms with Gasteiger partial charge in [-0.2, -0.15) is 0 Å². The van der Waals surface area contributed by atoms with Crippen LogP contribution in [0.2, 0.25) is 5.02 Å². The fourth-order valence-corrected chi connectivity index (χ4v) is 2.21. The summed E-state index contributed by atoms with van der Waals surface area (Å²) in [5.41, 5.74) is 0.942. The van der Waals surface area contributed by atoms with Crippen molar-refractivity contribution in [2.75, 3.05) is 5.32 Å².